The molecule has 1 saturated heterocycles. The molecule has 0 aromatic carbocycles. The Hall–Kier alpha value is -1.36. The maximum atomic E-state index is 12.0. The van der Waals surface area contributed by atoms with Crippen LogP contribution in [0.1, 0.15) is 56.9 Å². The lowest BCUT2D eigenvalue weighted by molar-refractivity contribution is -0.126. The van der Waals surface area contributed by atoms with Crippen LogP contribution in [0.15, 0.2) is 10.6 Å². The van der Waals surface area contributed by atoms with Gasteiger partial charge in [-0.05, 0) is 38.8 Å². The summed E-state index contributed by atoms with van der Waals surface area (Å²) < 4.78 is 5.31. The van der Waals surface area contributed by atoms with E-state index in [1.165, 1.54) is 0 Å². The Kier molecular flexibility index (Phi) is 5.59. The van der Waals surface area contributed by atoms with Gasteiger partial charge in [0.15, 0.2) is 5.76 Å². The number of rotatable bonds is 6. The van der Waals surface area contributed by atoms with E-state index in [4.69, 9.17) is 4.52 Å². The first-order valence-corrected chi connectivity index (χ1v) is 7.68. The molecule has 20 heavy (non-hydrogen) atoms. The molecule has 112 valence electrons. The Morgan fingerprint density at radius 3 is 2.80 bits per heavy atom. The van der Waals surface area contributed by atoms with Crippen LogP contribution in [0.4, 0.5) is 0 Å². The summed E-state index contributed by atoms with van der Waals surface area (Å²) >= 11 is 0. The van der Waals surface area contributed by atoms with Gasteiger partial charge < -0.3 is 15.2 Å². The van der Waals surface area contributed by atoms with Crippen molar-refractivity contribution < 1.29 is 9.32 Å². The second kappa shape index (κ2) is 7.43. The van der Waals surface area contributed by atoms with Crippen molar-refractivity contribution in [1.29, 1.82) is 0 Å². The van der Waals surface area contributed by atoms with E-state index in [1.807, 2.05) is 6.07 Å². The van der Waals surface area contributed by atoms with Crippen LogP contribution in [-0.2, 0) is 11.3 Å². The third-order valence-corrected chi connectivity index (χ3v) is 4.13. The maximum Gasteiger partial charge on any atom is 0.223 e. The predicted octanol–water partition coefficient (Wildman–Crippen LogP) is 2.19. The molecule has 5 nitrogen and oxygen atoms in total. The molecule has 2 heterocycles. The second-order valence-electron chi connectivity index (χ2n) is 5.47. The number of nitrogens with one attached hydrogen (secondary N) is 2. The summed E-state index contributed by atoms with van der Waals surface area (Å²) in [7, 11) is 0. The van der Waals surface area contributed by atoms with Crippen LogP contribution in [0.2, 0.25) is 0 Å². The van der Waals surface area contributed by atoms with E-state index in [9.17, 15) is 4.79 Å². The minimum absolute atomic E-state index is 0.131. The molecule has 1 aliphatic heterocycles. The topological polar surface area (TPSA) is 67.2 Å². The van der Waals surface area contributed by atoms with E-state index < -0.39 is 0 Å². The van der Waals surface area contributed by atoms with E-state index in [2.05, 4.69) is 29.6 Å². The molecule has 1 fully saturated rings. The van der Waals surface area contributed by atoms with Crippen LogP contribution in [-0.4, -0.2) is 24.2 Å². The smallest absolute Gasteiger partial charge is 0.223 e. The molecule has 0 atom stereocenters. The van der Waals surface area contributed by atoms with Gasteiger partial charge >= 0.3 is 0 Å². The fourth-order valence-electron chi connectivity index (χ4n) is 2.71. The van der Waals surface area contributed by atoms with Gasteiger partial charge in [-0.15, -0.1) is 0 Å². The molecule has 1 aromatic heterocycles. The monoisotopic (exact) mass is 279 g/mol. The van der Waals surface area contributed by atoms with Crippen molar-refractivity contribution in [3.63, 3.8) is 0 Å². The minimum Gasteiger partial charge on any atom is -0.359 e. The summed E-state index contributed by atoms with van der Waals surface area (Å²) in [5.41, 5.74) is 1.00. The first-order valence-electron chi connectivity index (χ1n) is 7.68. The van der Waals surface area contributed by atoms with Gasteiger partial charge in [0.1, 0.15) is 0 Å². The molecule has 1 amide bonds. The van der Waals surface area contributed by atoms with Crippen molar-refractivity contribution in [2.75, 3.05) is 13.1 Å². The van der Waals surface area contributed by atoms with Crippen LogP contribution >= 0.6 is 0 Å². The van der Waals surface area contributed by atoms with Gasteiger partial charge in [0.25, 0.3) is 0 Å². The zero-order chi connectivity index (χ0) is 14.4. The van der Waals surface area contributed by atoms with Crippen molar-refractivity contribution in [3.05, 3.63) is 17.5 Å². The van der Waals surface area contributed by atoms with Crippen molar-refractivity contribution in [1.82, 2.24) is 15.8 Å². The van der Waals surface area contributed by atoms with Gasteiger partial charge in [-0.3, -0.25) is 4.79 Å². The Balaban J connectivity index is 1.83. The van der Waals surface area contributed by atoms with Crippen molar-refractivity contribution >= 4 is 5.91 Å². The lowest BCUT2D eigenvalue weighted by Gasteiger charge is -2.21. The number of aromatic nitrogens is 1. The summed E-state index contributed by atoms with van der Waals surface area (Å²) in [6.07, 6.45) is 3.95. The molecule has 1 aliphatic rings. The van der Waals surface area contributed by atoms with Gasteiger partial charge in [-0.2, -0.15) is 0 Å². The zero-order valence-corrected chi connectivity index (χ0v) is 12.4. The molecule has 2 N–H and O–H groups in total. The Bertz CT molecular complexity index is 421. The Morgan fingerprint density at radius 2 is 2.15 bits per heavy atom. The summed E-state index contributed by atoms with van der Waals surface area (Å²) in [6.45, 7) is 6.61. The minimum atomic E-state index is 0.131. The molecule has 0 bridgehead atoms. The van der Waals surface area contributed by atoms with Crippen LogP contribution in [0, 0.1) is 5.92 Å². The van der Waals surface area contributed by atoms with Gasteiger partial charge in [0, 0.05) is 17.9 Å². The molecule has 0 aliphatic carbocycles. The average Bonchev–Trinajstić information content (AvgIpc) is 2.96. The fourth-order valence-corrected chi connectivity index (χ4v) is 2.71. The summed E-state index contributed by atoms with van der Waals surface area (Å²) in [4.78, 5) is 12.0. The van der Waals surface area contributed by atoms with E-state index in [0.29, 0.717) is 12.5 Å². The molecule has 5 heteroatoms. The highest BCUT2D eigenvalue weighted by molar-refractivity contribution is 5.78. The van der Waals surface area contributed by atoms with Crippen LogP contribution in [0.3, 0.4) is 0 Å². The molecular formula is C15H25N3O2. The zero-order valence-electron chi connectivity index (χ0n) is 12.4. The highest BCUT2D eigenvalue weighted by atomic mass is 16.5. The van der Waals surface area contributed by atoms with Crippen molar-refractivity contribution in [3.8, 4) is 0 Å². The van der Waals surface area contributed by atoms with Crippen LogP contribution in [0.25, 0.3) is 0 Å². The van der Waals surface area contributed by atoms with Crippen LogP contribution in [0.5, 0.6) is 0 Å². The number of hydrogen-bond acceptors (Lipinski definition) is 4. The third kappa shape index (κ3) is 3.82. The van der Waals surface area contributed by atoms with E-state index in [0.717, 1.165) is 50.2 Å². The lowest BCUT2D eigenvalue weighted by Crippen LogP contribution is -2.37. The van der Waals surface area contributed by atoms with Crippen molar-refractivity contribution in [2.45, 2.75) is 52.0 Å². The number of carbonyl (C=O) groups excluding carboxylic acids is 1. The molecule has 0 radical (unpaired) electrons. The number of nitrogens with zero attached hydrogens (tertiary/aromatic N) is 1. The van der Waals surface area contributed by atoms with Gasteiger partial charge in [0.2, 0.25) is 5.91 Å². The van der Waals surface area contributed by atoms with Crippen molar-refractivity contribution in [2.24, 2.45) is 5.92 Å². The van der Waals surface area contributed by atoms with E-state index in [1.54, 1.807) is 0 Å². The SMILES string of the molecule is CCC(CC)c1cc(CNC(=O)C2CCNCC2)on1. The summed E-state index contributed by atoms with van der Waals surface area (Å²) in [6, 6.07) is 1.97. The maximum absolute atomic E-state index is 12.0. The first-order chi connectivity index (χ1) is 9.74. The summed E-state index contributed by atoms with van der Waals surface area (Å²) in [5, 5.41) is 10.3. The molecule has 2 rings (SSSR count). The van der Waals surface area contributed by atoms with E-state index >= 15 is 0 Å². The third-order valence-electron chi connectivity index (χ3n) is 4.13. The molecular weight excluding hydrogens is 254 g/mol. The normalized spacial score (nSPS) is 16.6. The second-order valence-corrected chi connectivity index (χ2v) is 5.47. The quantitative estimate of drug-likeness (QED) is 0.837. The largest absolute Gasteiger partial charge is 0.359 e. The number of hydrogen-bond donors (Lipinski definition) is 2. The molecule has 0 saturated carbocycles. The average molecular weight is 279 g/mol. The highest BCUT2D eigenvalue weighted by Gasteiger charge is 2.21. The molecule has 1 aromatic rings. The number of amides is 1. The molecule has 0 unspecified atom stereocenters. The fraction of sp³-hybridized carbons (Fsp3) is 0.733. The van der Waals surface area contributed by atoms with Gasteiger partial charge in [0.05, 0.1) is 12.2 Å². The van der Waals surface area contributed by atoms with E-state index in [-0.39, 0.29) is 11.8 Å². The standard InChI is InChI=1S/C15H25N3O2/c1-3-11(4-2)14-9-13(20-18-14)10-17-15(19)12-5-7-16-8-6-12/h9,11-12,16H,3-8,10H2,1-2H3,(H,17,19). The van der Waals surface area contributed by atoms with Gasteiger partial charge in [-0.25, -0.2) is 0 Å². The predicted molar refractivity (Wildman–Crippen MR) is 77.3 cm³/mol. The number of carbonyl (C=O) groups is 1. The van der Waals surface area contributed by atoms with Crippen LogP contribution < -0.4 is 10.6 Å². The number of piperidine rings is 1. The highest BCUT2D eigenvalue weighted by Crippen LogP contribution is 2.22. The van der Waals surface area contributed by atoms with Gasteiger partial charge in [-0.1, -0.05) is 19.0 Å². The lowest BCUT2D eigenvalue weighted by atomic mass is 9.97. The molecule has 0 spiro atoms. The Morgan fingerprint density at radius 1 is 1.45 bits per heavy atom. The first kappa shape index (κ1) is 15.0. The Labute approximate surface area is 120 Å². The summed E-state index contributed by atoms with van der Waals surface area (Å²) in [5.74, 6) is 1.46.